The van der Waals surface area contributed by atoms with Gasteiger partial charge in [0.05, 0.1) is 0 Å². The molecule has 1 aromatic carbocycles. The number of hydrogen-bond acceptors (Lipinski definition) is 2. The quantitative estimate of drug-likeness (QED) is 0.821. The first-order chi connectivity index (χ1) is 7.25. The second-order valence-electron chi connectivity index (χ2n) is 4.43. The average molecular weight is 205 g/mol. The normalized spacial score (nSPS) is 16.9. The van der Waals surface area contributed by atoms with Crippen molar-refractivity contribution in [3.63, 3.8) is 0 Å². The SMILES string of the molecule is C[C@@H](N)COc1ccc2c(c1)CCCC2. The van der Waals surface area contributed by atoms with Crippen molar-refractivity contribution >= 4 is 0 Å². The Hall–Kier alpha value is -1.02. The third kappa shape index (κ3) is 2.72. The van der Waals surface area contributed by atoms with Crippen LogP contribution in [-0.4, -0.2) is 12.6 Å². The van der Waals surface area contributed by atoms with Crippen molar-refractivity contribution in [1.29, 1.82) is 0 Å². The second kappa shape index (κ2) is 4.67. The van der Waals surface area contributed by atoms with Crippen LogP contribution in [0.2, 0.25) is 0 Å². The van der Waals surface area contributed by atoms with Crippen LogP contribution in [0.3, 0.4) is 0 Å². The third-order valence-corrected chi connectivity index (χ3v) is 2.83. The van der Waals surface area contributed by atoms with E-state index in [-0.39, 0.29) is 6.04 Å². The zero-order valence-corrected chi connectivity index (χ0v) is 9.33. The van der Waals surface area contributed by atoms with Crippen molar-refractivity contribution in [1.82, 2.24) is 0 Å². The van der Waals surface area contributed by atoms with Crippen LogP contribution in [0.25, 0.3) is 0 Å². The Kier molecular flexibility index (Phi) is 3.27. The van der Waals surface area contributed by atoms with E-state index >= 15 is 0 Å². The van der Waals surface area contributed by atoms with Gasteiger partial charge in [0.1, 0.15) is 12.4 Å². The molecular weight excluding hydrogens is 186 g/mol. The van der Waals surface area contributed by atoms with E-state index in [1.54, 1.807) is 0 Å². The molecular formula is C13H19NO. The fourth-order valence-electron chi connectivity index (χ4n) is 2.03. The summed E-state index contributed by atoms with van der Waals surface area (Å²) in [5.74, 6) is 0.966. The molecule has 0 saturated heterocycles. The van der Waals surface area contributed by atoms with Gasteiger partial charge in [-0.1, -0.05) is 6.07 Å². The molecule has 2 nitrogen and oxygen atoms in total. The zero-order chi connectivity index (χ0) is 10.7. The maximum absolute atomic E-state index is 5.65. The molecule has 0 aromatic heterocycles. The molecule has 2 N–H and O–H groups in total. The maximum atomic E-state index is 5.65. The van der Waals surface area contributed by atoms with E-state index in [2.05, 4.69) is 18.2 Å². The van der Waals surface area contributed by atoms with Crippen molar-refractivity contribution < 1.29 is 4.74 Å². The van der Waals surface area contributed by atoms with Crippen molar-refractivity contribution in [3.05, 3.63) is 29.3 Å². The number of aryl methyl sites for hydroxylation is 2. The summed E-state index contributed by atoms with van der Waals surface area (Å²) in [5.41, 5.74) is 8.61. The Morgan fingerprint density at radius 2 is 2.00 bits per heavy atom. The largest absolute Gasteiger partial charge is 0.492 e. The first kappa shape index (κ1) is 10.5. The average Bonchev–Trinajstić information content (AvgIpc) is 2.26. The summed E-state index contributed by atoms with van der Waals surface area (Å²) in [6, 6.07) is 6.54. The molecule has 0 aliphatic heterocycles. The van der Waals surface area contributed by atoms with Crippen LogP contribution in [0.5, 0.6) is 5.75 Å². The molecule has 0 spiro atoms. The minimum atomic E-state index is 0.0982. The summed E-state index contributed by atoms with van der Waals surface area (Å²) >= 11 is 0. The molecule has 15 heavy (non-hydrogen) atoms. The van der Waals surface area contributed by atoms with E-state index in [0.717, 1.165) is 5.75 Å². The summed E-state index contributed by atoms with van der Waals surface area (Å²) in [4.78, 5) is 0. The molecule has 2 rings (SSSR count). The highest BCUT2D eigenvalue weighted by molar-refractivity contribution is 5.37. The van der Waals surface area contributed by atoms with Crippen LogP contribution in [0.15, 0.2) is 18.2 Å². The molecule has 0 fully saturated rings. The highest BCUT2D eigenvalue weighted by Crippen LogP contribution is 2.25. The van der Waals surface area contributed by atoms with Crippen molar-refractivity contribution in [2.75, 3.05) is 6.61 Å². The van der Waals surface area contributed by atoms with Crippen LogP contribution in [-0.2, 0) is 12.8 Å². The lowest BCUT2D eigenvalue weighted by molar-refractivity contribution is 0.296. The van der Waals surface area contributed by atoms with Gasteiger partial charge in [-0.25, -0.2) is 0 Å². The predicted molar refractivity (Wildman–Crippen MR) is 62.2 cm³/mol. The fourth-order valence-corrected chi connectivity index (χ4v) is 2.03. The molecule has 1 atom stereocenters. The summed E-state index contributed by atoms with van der Waals surface area (Å²) in [6.07, 6.45) is 5.06. The Bertz CT molecular complexity index is 333. The third-order valence-electron chi connectivity index (χ3n) is 2.83. The number of hydrogen-bond donors (Lipinski definition) is 1. The standard InChI is InChI=1S/C13H19NO/c1-10(14)9-15-13-7-6-11-4-2-3-5-12(11)8-13/h6-8,10H,2-5,9,14H2,1H3/t10-/m1/s1. The Balaban J connectivity index is 2.07. The molecule has 1 aromatic rings. The summed E-state index contributed by atoms with van der Waals surface area (Å²) in [6.45, 7) is 2.55. The van der Waals surface area contributed by atoms with Gasteiger partial charge in [-0.2, -0.15) is 0 Å². The second-order valence-corrected chi connectivity index (χ2v) is 4.43. The van der Waals surface area contributed by atoms with Crippen molar-refractivity contribution in [2.45, 2.75) is 38.6 Å². The van der Waals surface area contributed by atoms with Crippen molar-refractivity contribution in [2.24, 2.45) is 5.73 Å². The zero-order valence-electron chi connectivity index (χ0n) is 9.33. The number of fused-ring (bicyclic) bond motifs is 1. The Morgan fingerprint density at radius 3 is 2.73 bits per heavy atom. The molecule has 2 heteroatoms. The summed E-state index contributed by atoms with van der Waals surface area (Å²) < 4.78 is 5.61. The molecule has 1 aliphatic rings. The summed E-state index contributed by atoms with van der Waals surface area (Å²) in [5, 5.41) is 0. The van der Waals surface area contributed by atoms with E-state index in [4.69, 9.17) is 10.5 Å². The molecule has 0 saturated carbocycles. The van der Waals surface area contributed by atoms with Gasteiger partial charge in [0.15, 0.2) is 0 Å². The number of rotatable bonds is 3. The molecule has 0 unspecified atom stereocenters. The van der Waals surface area contributed by atoms with E-state index in [1.807, 2.05) is 6.92 Å². The van der Waals surface area contributed by atoms with Crippen LogP contribution >= 0.6 is 0 Å². The van der Waals surface area contributed by atoms with E-state index in [9.17, 15) is 0 Å². The van der Waals surface area contributed by atoms with Crippen LogP contribution in [0.1, 0.15) is 30.9 Å². The maximum Gasteiger partial charge on any atom is 0.119 e. The van der Waals surface area contributed by atoms with Crippen LogP contribution in [0.4, 0.5) is 0 Å². The summed E-state index contributed by atoms with van der Waals surface area (Å²) in [7, 11) is 0. The molecule has 0 bridgehead atoms. The van der Waals surface area contributed by atoms with E-state index < -0.39 is 0 Å². The van der Waals surface area contributed by atoms with Crippen LogP contribution < -0.4 is 10.5 Å². The molecule has 0 amide bonds. The monoisotopic (exact) mass is 205 g/mol. The topological polar surface area (TPSA) is 35.2 Å². The highest BCUT2D eigenvalue weighted by atomic mass is 16.5. The van der Waals surface area contributed by atoms with Gasteiger partial charge in [-0.15, -0.1) is 0 Å². The van der Waals surface area contributed by atoms with Gasteiger partial charge in [0, 0.05) is 6.04 Å². The number of ether oxygens (including phenoxy) is 1. The minimum Gasteiger partial charge on any atom is -0.492 e. The predicted octanol–water partition coefficient (Wildman–Crippen LogP) is 2.29. The lowest BCUT2D eigenvalue weighted by Crippen LogP contribution is -2.23. The molecule has 0 radical (unpaired) electrons. The van der Waals surface area contributed by atoms with Gasteiger partial charge in [-0.05, 0) is 55.9 Å². The highest BCUT2D eigenvalue weighted by Gasteiger charge is 2.09. The van der Waals surface area contributed by atoms with Gasteiger partial charge < -0.3 is 10.5 Å². The van der Waals surface area contributed by atoms with Gasteiger partial charge in [-0.3, -0.25) is 0 Å². The first-order valence-corrected chi connectivity index (χ1v) is 5.76. The Labute approximate surface area is 91.4 Å². The molecule has 1 aliphatic carbocycles. The van der Waals surface area contributed by atoms with E-state index in [1.165, 1.54) is 36.8 Å². The lowest BCUT2D eigenvalue weighted by atomic mass is 9.92. The van der Waals surface area contributed by atoms with Gasteiger partial charge in [0.2, 0.25) is 0 Å². The Morgan fingerprint density at radius 1 is 1.27 bits per heavy atom. The van der Waals surface area contributed by atoms with Gasteiger partial charge in [0.25, 0.3) is 0 Å². The molecule has 0 heterocycles. The van der Waals surface area contributed by atoms with Crippen molar-refractivity contribution in [3.8, 4) is 5.75 Å². The minimum absolute atomic E-state index is 0.0982. The van der Waals surface area contributed by atoms with Gasteiger partial charge >= 0.3 is 0 Å². The van der Waals surface area contributed by atoms with E-state index in [0.29, 0.717) is 6.61 Å². The number of nitrogens with two attached hydrogens (primary N) is 1. The van der Waals surface area contributed by atoms with Crippen LogP contribution in [0, 0.1) is 0 Å². The fraction of sp³-hybridized carbons (Fsp3) is 0.538. The number of benzene rings is 1. The molecule has 82 valence electrons. The first-order valence-electron chi connectivity index (χ1n) is 5.76. The lowest BCUT2D eigenvalue weighted by Gasteiger charge is -2.17. The smallest absolute Gasteiger partial charge is 0.119 e.